The number of likely N-dealkylation sites (tertiary alicyclic amines) is 1. The fraction of sp³-hybridized carbons (Fsp3) is 0.545. The van der Waals surface area contributed by atoms with Crippen LogP contribution in [0.15, 0.2) is 39.3 Å². The average Bonchev–Trinajstić information content (AvgIpc) is 3.12. The molecule has 1 aliphatic carbocycles. The molecular weight excluding hydrogens is 366 g/mol. The fourth-order valence-electron chi connectivity index (χ4n) is 4.46. The Kier molecular flexibility index (Phi) is 4.91. The first-order valence-electron chi connectivity index (χ1n) is 10.7. The summed E-state index contributed by atoms with van der Waals surface area (Å²) in [6.45, 7) is 5.01. The third-order valence-electron chi connectivity index (χ3n) is 6.42. The topological polar surface area (TPSA) is 81.1 Å². The number of benzene rings is 1. The van der Waals surface area contributed by atoms with E-state index in [0.29, 0.717) is 17.2 Å². The maximum atomic E-state index is 6.01. The Balaban J connectivity index is 1.16. The summed E-state index contributed by atoms with van der Waals surface area (Å²) in [7, 11) is 0. The molecule has 152 valence electrons. The molecule has 0 radical (unpaired) electrons. The highest BCUT2D eigenvalue weighted by Gasteiger charge is 2.58. The van der Waals surface area contributed by atoms with Crippen molar-refractivity contribution in [3.8, 4) is 11.5 Å². The molecule has 0 unspecified atom stereocenters. The second kappa shape index (κ2) is 7.71. The molecule has 1 atom stereocenters. The molecule has 1 saturated heterocycles. The van der Waals surface area contributed by atoms with Crippen LogP contribution in [0.3, 0.4) is 0 Å². The second-order valence-corrected chi connectivity index (χ2v) is 8.41. The monoisotopic (exact) mass is 393 g/mol. The Morgan fingerprint density at radius 3 is 2.76 bits per heavy atom. The number of unbranched alkanes of at least 4 members (excludes halogenated alkanes) is 1. The van der Waals surface area contributed by atoms with E-state index in [4.69, 9.17) is 8.94 Å². The van der Waals surface area contributed by atoms with E-state index in [1.54, 1.807) is 0 Å². The molecule has 1 saturated carbocycles. The average molecular weight is 393 g/mol. The minimum absolute atomic E-state index is 0.331. The molecule has 7 nitrogen and oxygen atoms in total. The predicted molar refractivity (Wildman–Crippen MR) is 107 cm³/mol. The third-order valence-corrected chi connectivity index (χ3v) is 6.42. The summed E-state index contributed by atoms with van der Waals surface area (Å²) >= 11 is 0. The first kappa shape index (κ1) is 18.5. The van der Waals surface area contributed by atoms with Crippen molar-refractivity contribution in [2.24, 2.45) is 5.41 Å². The van der Waals surface area contributed by atoms with E-state index in [2.05, 4.69) is 32.2 Å². The number of hydrogen-bond acceptors (Lipinski definition) is 7. The Hall–Kier alpha value is -2.54. The van der Waals surface area contributed by atoms with Gasteiger partial charge in [0.1, 0.15) is 0 Å². The summed E-state index contributed by atoms with van der Waals surface area (Å²) in [6, 6.07) is 9.98. The lowest BCUT2D eigenvalue weighted by molar-refractivity contribution is 0.144. The normalized spacial score (nSPS) is 20.9. The smallest absolute Gasteiger partial charge is 0.247 e. The highest BCUT2D eigenvalue weighted by atomic mass is 16.5. The van der Waals surface area contributed by atoms with Gasteiger partial charge in [0.2, 0.25) is 17.7 Å². The van der Waals surface area contributed by atoms with E-state index >= 15 is 0 Å². The quantitative estimate of drug-likeness (QED) is 0.594. The summed E-state index contributed by atoms with van der Waals surface area (Å²) in [4.78, 5) is 6.95. The first-order valence-corrected chi connectivity index (χ1v) is 10.7. The highest BCUT2D eigenvalue weighted by molar-refractivity contribution is 5.51. The van der Waals surface area contributed by atoms with E-state index in [1.807, 2.05) is 30.3 Å². The van der Waals surface area contributed by atoms with Crippen LogP contribution in [0.4, 0.5) is 0 Å². The first-order chi connectivity index (χ1) is 14.3. The van der Waals surface area contributed by atoms with Gasteiger partial charge in [0.05, 0.1) is 6.54 Å². The summed E-state index contributed by atoms with van der Waals surface area (Å²) in [5.41, 5.74) is 1.31. The summed E-state index contributed by atoms with van der Waals surface area (Å²) in [5.74, 6) is 3.40. The highest BCUT2D eigenvalue weighted by Crippen LogP contribution is 2.64. The van der Waals surface area contributed by atoms with Gasteiger partial charge in [0, 0.05) is 17.9 Å². The molecular formula is C22H27N5O2. The number of aromatic nitrogens is 4. The summed E-state index contributed by atoms with van der Waals surface area (Å²) < 4.78 is 11.4. The van der Waals surface area contributed by atoms with Crippen molar-refractivity contribution >= 4 is 0 Å². The van der Waals surface area contributed by atoms with E-state index < -0.39 is 0 Å². The van der Waals surface area contributed by atoms with Crippen molar-refractivity contribution in [1.82, 2.24) is 25.2 Å². The summed E-state index contributed by atoms with van der Waals surface area (Å²) in [6.07, 6.45) is 6.61. The van der Waals surface area contributed by atoms with Gasteiger partial charge >= 0.3 is 0 Å². The number of aryl methyl sites for hydroxylation is 1. The number of hydrogen-bond donors (Lipinski definition) is 0. The predicted octanol–water partition coefficient (Wildman–Crippen LogP) is 4.23. The molecule has 2 aliphatic rings. The van der Waals surface area contributed by atoms with Gasteiger partial charge in [-0.05, 0) is 56.3 Å². The zero-order valence-corrected chi connectivity index (χ0v) is 16.9. The molecule has 29 heavy (non-hydrogen) atoms. The van der Waals surface area contributed by atoms with Crippen LogP contribution in [0, 0.1) is 5.41 Å². The van der Waals surface area contributed by atoms with E-state index in [9.17, 15) is 0 Å². The molecule has 3 aromatic rings. The van der Waals surface area contributed by atoms with Gasteiger partial charge in [-0.25, -0.2) is 0 Å². The number of nitrogens with zero attached hydrogens (tertiary/aromatic N) is 5. The van der Waals surface area contributed by atoms with Crippen LogP contribution in [-0.2, 0) is 13.0 Å². The van der Waals surface area contributed by atoms with Crippen molar-refractivity contribution < 1.29 is 8.94 Å². The van der Waals surface area contributed by atoms with Crippen LogP contribution in [0.25, 0.3) is 11.5 Å². The molecule has 7 heteroatoms. The van der Waals surface area contributed by atoms with Gasteiger partial charge in [0.15, 0.2) is 5.82 Å². The largest absolute Gasteiger partial charge is 0.420 e. The molecule has 0 bridgehead atoms. The van der Waals surface area contributed by atoms with Crippen molar-refractivity contribution in [3.05, 3.63) is 47.9 Å². The third kappa shape index (κ3) is 3.83. The molecule has 1 aromatic carbocycles. The lowest BCUT2D eigenvalue weighted by atomic mass is 9.91. The van der Waals surface area contributed by atoms with Crippen LogP contribution in [0.5, 0.6) is 0 Å². The Morgan fingerprint density at radius 2 is 1.97 bits per heavy atom. The van der Waals surface area contributed by atoms with Gasteiger partial charge in [-0.3, -0.25) is 4.90 Å². The van der Waals surface area contributed by atoms with Crippen molar-refractivity contribution in [2.75, 3.05) is 13.1 Å². The van der Waals surface area contributed by atoms with Crippen molar-refractivity contribution in [2.45, 2.75) is 57.9 Å². The minimum atomic E-state index is 0.331. The zero-order valence-electron chi connectivity index (χ0n) is 16.9. The van der Waals surface area contributed by atoms with Crippen LogP contribution in [-0.4, -0.2) is 38.3 Å². The van der Waals surface area contributed by atoms with Crippen LogP contribution in [0.2, 0.25) is 0 Å². The standard InChI is InChI=1S/C22H27N5O2/c1-2-3-9-18-23-19(29-26-18)15-27-12-10-22(11-13-27)14-17(22)21-25-24-20(28-21)16-7-5-4-6-8-16/h4-8,17H,2-3,9-15H2,1H3/t17-/m1/s1. The Labute approximate surface area is 170 Å². The lowest BCUT2D eigenvalue weighted by Gasteiger charge is -2.31. The molecule has 1 spiro atoms. The maximum absolute atomic E-state index is 6.01. The van der Waals surface area contributed by atoms with Gasteiger partial charge in [-0.2, -0.15) is 4.98 Å². The van der Waals surface area contributed by atoms with Gasteiger partial charge in [-0.1, -0.05) is 36.7 Å². The fourth-order valence-corrected chi connectivity index (χ4v) is 4.46. The zero-order chi connectivity index (χ0) is 19.7. The Morgan fingerprint density at radius 1 is 1.14 bits per heavy atom. The molecule has 0 amide bonds. The van der Waals surface area contributed by atoms with E-state index in [0.717, 1.165) is 81.3 Å². The molecule has 3 heterocycles. The molecule has 2 aromatic heterocycles. The minimum Gasteiger partial charge on any atom is -0.420 e. The molecule has 1 aliphatic heterocycles. The molecule has 5 rings (SSSR count). The van der Waals surface area contributed by atoms with E-state index in [1.165, 1.54) is 0 Å². The maximum Gasteiger partial charge on any atom is 0.247 e. The number of rotatable bonds is 7. The van der Waals surface area contributed by atoms with Crippen molar-refractivity contribution in [1.29, 1.82) is 0 Å². The van der Waals surface area contributed by atoms with Gasteiger partial charge in [-0.15, -0.1) is 10.2 Å². The van der Waals surface area contributed by atoms with Gasteiger partial charge < -0.3 is 8.94 Å². The molecule has 0 N–H and O–H groups in total. The van der Waals surface area contributed by atoms with Crippen molar-refractivity contribution in [3.63, 3.8) is 0 Å². The number of piperidine rings is 1. The van der Waals surface area contributed by atoms with Crippen LogP contribution >= 0.6 is 0 Å². The SMILES string of the molecule is CCCCc1noc(CN2CCC3(CC2)C[C@@H]3c2nnc(-c3ccccc3)o2)n1. The second-order valence-electron chi connectivity index (χ2n) is 8.41. The summed E-state index contributed by atoms with van der Waals surface area (Å²) in [5, 5.41) is 12.7. The lowest BCUT2D eigenvalue weighted by Crippen LogP contribution is -2.34. The van der Waals surface area contributed by atoms with Gasteiger partial charge in [0.25, 0.3) is 0 Å². The Bertz CT molecular complexity index is 943. The van der Waals surface area contributed by atoms with E-state index in [-0.39, 0.29) is 0 Å². The van der Waals surface area contributed by atoms with Crippen LogP contribution < -0.4 is 0 Å². The van der Waals surface area contributed by atoms with Crippen LogP contribution in [0.1, 0.15) is 62.6 Å². The molecule has 2 fully saturated rings.